The van der Waals surface area contributed by atoms with E-state index in [1.165, 1.54) is 0 Å². The molecule has 3 aromatic rings. The molecule has 0 spiro atoms. The van der Waals surface area contributed by atoms with Crippen LogP contribution >= 0.6 is 12.4 Å². The zero-order valence-corrected chi connectivity index (χ0v) is 18.6. The molecule has 0 aliphatic heterocycles. The van der Waals surface area contributed by atoms with Gasteiger partial charge in [-0.05, 0) is 30.2 Å². The van der Waals surface area contributed by atoms with Crippen molar-refractivity contribution in [3.8, 4) is 23.0 Å². The Hall–Kier alpha value is -3.13. The van der Waals surface area contributed by atoms with E-state index in [0.29, 0.717) is 46.8 Å². The van der Waals surface area contributed by atoms with E-state index in [9.17, 15) is 0 Å². The van der Waals surface area contributed by atoms with Gasteiger partial charge in [-0.3, -0.25) is 0 Å². The third-order valence-electron chi connectivity index (χ3n) is 4.74. The summed E-state index contributed by atoms with van der Waals surface area (Å²) in [7, 11) is 8.35. The van der Waals surface area contributed by atoms with Crippen molar-refractivity contribution < 1.29 is 18.9 Å². The molecule has 1 heterocycles. The van der Waals surface area contributed by atoms with E-state index >= 15 is 0 Å². The minimum absolute atomic E-state index is 0. The molecule has 0 radical (unpaired) electrons. The largest absolute Gasteiger partial charge is 0.493 e. The Kier molecular flexibility index (Phi) is 7.77. The van der Waals surface area contributed by atoms with E-state index in [-0.39, 0.29) is 12.4 Å². The molecule has 0 aliphatic rings. The average molecular weight is 435 g/mol. The second-order valence-corrected chi connectivity index (χ2v) is 6.49. The number of hydrogen-bond donors (Lipinski definition) is 1. The van der Waals surface area contributed by atoms with Crippen LogP contribution in [0.25, 0.3) is 10.9 Å². The summed E-state index contributed by atoms with van der Waals surface area (Å²) in [5.41, 5.74) is 8.00. The molecule has 8 nitrogen and oxygen atoms in total. The number of benzene rings is 2. The predicted molar refractivity (Wildman–Crippen MR) is 121 cm³/mol. The normalized spacial score (nSPS) is 10.3. The molecule has 9 heteroatoms. The maximum absolute atomic E-state index is 6.18. The van der Waals surface area contributed by atoms with Crippen molar-refractivity contribution in [2.24, 2.45) is 0 Å². The molecular weight excluding hydrogens is 408 g/mol. The lowest BCUT2D eigenvalue weighted by Crippen LogP contribution is -2.23. The second kappa shape index (κ2) is 10.1. The molecule has 2 aromatic carbocycles. The van der Waals surface area contributed by atoms with Gasteiger partial charge in [-0.25, -0.2) is 4.98 Å². The first-order chi connectivity index (χ1) is 14.0. The van der Waals surface area contributed by atoms with E-state index < -0.39 is 0 Å². The van der Waals surface area contributed by atoms with Gasteiger partial charge in [0.2, 0.25) is 5.95 Å². The van der Waals surface area contributed by atoms with Gasteiger partial charge in [-0.2, -0.15) is 4.98 Å². The molecule has 0 unspecified atom stereocenters. The number of likely N-dealkylation sites (N-methyl/N-ethyl adjacent to an activating group) is 1. The number of fused-ring (bicyclic) bond motifs is 1. The fourth-order valence-electron chi connectivity index (χ4n) is 3.07. The number of hydrogen-bond acceptors (Lipinski definition) is 8. The summed E-state index contributed by atoms with van der Waals surface area (Å²) in [5, 5.41) is 0.722. The Labute approximate surface area is 182 Å². The fraction of sp³-hybridized carbons (Fsp3) is 0.333. The molecule has 0 amide bonds. The summed E-state index contributed by atoms with van der Waals surface area (Å²) in [6.07, 6.45) is 0.782. The quantitative estimate of drug-likeness (QED) is 0.577. The number of ether oxygens (including phenoxy) is 4. The van der Waals surface area contributed by atoms with Gasteiger partial charge >= 0.3 is 0 Å². The van der Waals surface area contributed by atoms with Crippen molar-refractivity contribution in [1.29, 1.82) is 0 Å². The Morgan fingerprint density at radius 2 is 1.43 bits per heavy atom. The van der Waals surface area contributed by atoms with Gasteiger partial charge in [0.25, 0.3) is 0 Å². The van der Waals surface area contributed by atoms with E-state index in [1.54, 1.807) is 40.6 Å². The van der Waals surface area contributed by atoms with Crippen molar-refractivity contribution in [2.75, 3.05) is 52.7 Å². The maximum Gasteiger partial charge on any atom is 0.227 e. The molecule has 0 saturated heterocycles. The Bertz CT molecular complexity index is 1020. The van der Waals surface area contributed by atoms with Crippen LogP contribution in [0.15, 0.2) is 30.3 Å². The van der Waals surface area contributed by atoms with Crippen molar-refractivity contribution in [3.63, 3.8) is 0 Å². The first kappa shape index (κ1) is 23.2. The molecular formula is C21H27ClN4O4. The van der Waals surface area contributed by atoms with Gasteiger partial charge in [-0.1, -0.05) is 6.07 Å². The van der Waals surface area contributed by atoms with Gasteiger partial charge in [0.15, 0.2) is 23.0 Å². The van der Waals surface area contributed by atoms with Gasteiger partial charge in [0.05, 0.1) is 34.0 Å². The summed E-state index contributed by atoms with van der Waals surface area (Å²) < 4.78 is 21.4. The third kappa shape index (κ3) is 4.71. The van der Waals surface area contributed by atoms with Crippen LogP contribution in [0.1, 0.15) is 5.56 Å². The lowest BCUT2D eigenvalue weighted by molar-refractivity contribution is 0.354. The Balaban J connectivity index is 0.00000320. The highest BCUT2D eigenvalue weighted by Crippen LogP contribution is 2.34. The van der Waals surface area contributed by atoms with Crippen LogP contribution in [-0.2, 0) is 6.42 Å². The number of nitrogens with two attached hydrogens (primary N) is 1. The highest BCUT2D eigenvalue weighted by Gasteiger charge is 2.14. The van der Waals surface area contributed by atoms with Crippen molar-refractivity contribution in [1.82, 2.24) is 9.97 Å². The third-order valence-corrected chi connectivity index (χ3v) is 4.74. The molecule has 0 saturated carbocycles. The van der Waals surface area contributed by atoms with E-state index in [1.807, 2.05) is 30.1 Å². The van der Waals surface area contributed by atoms with Crippen LogP contribution in [0, 0.1) is 0 Å². The summed E-state index contributed by atoms with van der Waals surface area (Å²) in [4.78, 5) is 11.1. The molecule has 2 N–H and O–H groups in total. The van der Waals surface area contributed by atoms with Crippen LogP contribution < -0.4 is 29.6 Å². The first-order valence-electron chi connectivity index (χ1n) is 9.12. The highest BCUT2D eigenvalue weighted by atomic mass is 35.5. The zero-order valence-electron chi connectivity index (χ0n) is 17.8. The minimum Gasteiger partial charge on any atom is -0.493 e. The zero-order chi connectivity index (χ0) is 21.0. The monoisotopic (exact) mass is 434 g/mol. The lowest BCUT2D eigenvalue weighted by atomic mass is 10.1. The van der Waals surface area contributed by atoms with E-state index in [4.69, 9.17) is 24.7 Å². The number of aromatic nitrogens is 2. The lowest BCUT2D eigenvalue weighted by Gasteiger charge is -2.19. The predicted octanol–water partition coefficient (Wildman–Crippen LogP) is 3.35. The maximum atomic E-state index is 6.18. The SMILES string of the molecule is COc1ccc(CCN(C)c2nc(N)c3cc(OC)c(OC)cc3n2)cc1OC.Cl. The number of halogens is 1. The molecule has 162 valence electrons. The molecule has 30 heavy (non-hydrogen) atoms. The summed E-state index contributed by atoms with van der Waals surface area (Å²) in [5.74, 6) is 3.54. The van der Waals surface area contributed by atoms with Crippen LogP contribution in [0.3, 0.4) is 0 Å². The van der Waals surface area contributed by atoms with Crippen molar-refractivity contribution >= 4 is 35.1 Å². The number of nitrogen functional groups attached to an aromatic ring is 1. The smallest absolute Gasteiger partial charge is 0.227 e. The number of methoxy groups -OCH3 is 4. The molecule has 0 atom stereocenters. The standard InChI is InChI=1S/C21H26N4O4.ClH/c1-25(9-8-13-6-7-16(26-2)17(10-13)27-3)21-23-15-12-19(29-5)18(28-4)11-14(15)20(22)24-21;/h6-7,10-12H,8-9H2,1-5H3,(H2,22,23,24);1H. The van der Waals surface area contributed by atoms with Gasteiger partial charge in [0, 0.05) is 25.0 Å². The van der Waals surface area contributed by atoms with E-state index in [0.717, 1.165) is 17.4 Å². The van der Waals surface area contributed by atoms with Crippen LogP contribution in [-0.4, -0.2) is 52.0 Å². The first-order valence-corrected chi connectivity index (χ1v) is 9.12. The van der Waals surface area contributed by atoms with E-state index in [2.05, 4.69) is 9.97 Å². The van der Waals surface area contributed by atoms with Crippen LogP contribution in [0.5, 0.6) is 23.0 Å². The molecule has 1 aromatic heterocycles. The van der Waals surface area contributed by atoms with Crippen molar-refractivity contribution in [2.45, 2.75) is 6.42 Å². The molecule has 0 bridgehead atoms. The summed E-state index contributed by atoms with van der Waals surface area (Å²) >= 11 is 0. The molecule has 0 aliphatic carbocycles. The average Bonchev–Trinajstić information content (AvgIpc) is 2.76. The topological polar surface area (TPSA) is 92.0 Å². The van der Waals surface area contributed by atoms with Crippen LogP contribution in [0.2, 0.25) is 0 Å². The fourth-order valence-corrected chi connectivity index (χ4v) is 3.07. The Morgan fingerprint density at radius 1 is 0.833 bits per heavy atom. The van der Waals surface area contributed by atoms with Crippen LogP contribution in [0.4, 0.5) is 11.8 Å². The number of rotatable bonds is 8. The Morgan fingerprint density at radius 3 is 2.07 bits per heavy atom. The summed E-state index contributed by atoms with van der Waals surface area (Å²) in [6.45, 7) is 0.702. The highest BCUT2D eigenvalue weighted by molar-refractivity contribution is 5.91. The van der Waals surface area contributed by atoms with Crippen molar-refractivity contribution in [3.05, 3.63) is 35.9 Å². The minimum atomic E-state index is 0. The summed E-state index contributed by atoms with van der Waals surface area (Å²) in [6, 6.07) is 9.48. The van der Waals surface area contributed by atoms with Gasteiger partial charge < -0.3 is 29.6 Å². The molecule has 3 rings (SSSR count). The van der Waals surface area contributed by atoms with Gasteiger partial charge in [-0.15, -0.1) is 12.4 Å². The number of nitrogens with zero attached hydrogens (tertiary/aromatic N) is 3. The number of anilines is 2. The second-order valence-electron chi connectivity index (χ2n) is 6.49. The van der Waals surface area contributed by atoms with Gasteiger partial charge in [0.1, 0.15) is 5.82 Å². The molecule has 0 fully saturated rings.